The van der Waals surface area contributed by atoms with Gasteiger partial charge < -0.3 is 10.6 Å². The molecule has 90 valence electrons. The van der Waals surface area contributed by atoms with Crippen molar-refractivity contribution in [2.24, 2.45) is 0 Å². The molecule has 0 radical (unpaired) electrons. The van der Waals surface area contributed by atoms with Crippen LogP contribution in [0.25, 0.3) is 0 Å². The molecule has 0 bridgehead atoms. The third-order valence-corrected chi connectivity index (χ3v) is 2.86. The van der Waals surface area contributed by atoms with Gasteiger partial charge >= 0.3 is 0 Å². The second-order valence-corrected chi connectivity index (χ2v) is 4.23. The summed E-state index contributed by atoms with van der Waals surface area (Å²) in [5.41, 5.74) is 3.54. The van der Waals surface area contributed by atoms with Crippen molar-refractivity contribution in [2.45, 2.75) is 6.42 Å². The number of anilines is 3. The first-order valence-electron chi connectivity index (χ1n) is 5.66. The van der Waals surface area contributed by atoms with Crippen LogP contribution in [-0.4, -0.2) is 5.91 Å². The van der Waals surface area contributed by atoms with Crippen LogP contribution in [-0.2, 0) is 11.2 Å². The van der Waals surface area contributed by atoms with Crippen LogP contribution >= 0.6 is 0 Å². The van der Waals surface area contributed by atoms with Gasteiger partial charge in [0.05, 0.1) is 6.42 Å². The summed E-state index contributed by atoms with van der Waals surface area (Å²) in [5, 5.41) is 5.95. The lowest BCUT2D eigenvalue weighted by molar-refractivity contribution is -0.115. The molecule has 1 aliphatic heterocycles. The van der Waals surface area contributed by atoms with E-state index in [-0.39, 0.29) is 11.7 Å². The predicted molar refractivity (Wildman–Crippen MR) is 68.5 cm³/mol. The average Bonchev–Trinajstić information content (AvgIpc) is 2.71. The summed E-state index contributed by atoms with van der Waals surface area (Å²) in [5.74, 6) is -0.242. The summed E-state index contributed by atoms with van der Waals surface area (Å²) >= 11 is 0. The molecule has 1 aliphatic rings. The minimum absolute atomic E-state index is 0.0175. The smallest absolute Gasteiger partial charge is 0.228 e. The number of rotatable bonds is 2. The Morgan fingerprint density at radius 1 is 1.06 bits per heavy atom. The predicted octanol–water partition coefficient (Wildman–Crippen LogP) is 3.06. The number of fused-ring (bicyclic) bond motifs is 1. The van der Waals surface area contributed by atoms with Gasteiger partial charge in [0.25, 0.3) is 0 Å². The molecule has 2 aromatic rings. The van der Waals surface area contributed by atoms with E-state index in [1.165, 1.54) is 12.1 Å². The molecule has 1 heterocycles. The summed E-state index contributed by atoms with van der Waals surface area (Å²) in [6.45, 7) is 0. The Kier molecular flexibility index (Phi) is 2.48. The first-order chi connectivity index (χ1) is 8.70. The maximum atomic E-state index is 12.8. The van der Waals surface area contributed by atoms with Gasteiger partial charge in [-0.1, -0.05) is 0 Å². The van der Waals surface area contributed by atoms with Crippen molar-refractivity contribution in [1.29, 1.82) is 0 Å². The van der Waals surface area contributed by atoms with Gasteiger partial charge in [-0.25, -0.2) is 4.39 Å². The van der Waals surface area contributed by atoms with E-state index in [1.807, 2.05) is 18.2 Å². The van der Waals surface area contributed by atoms with E-state index < -0.39 is 0 Å². The molecule has 0 saturated heterocycles. The third kappa shape index (κ3) is 2.05. The summed E-state index contributed by atoms with van der Waals surface area (Å²) in [6.07, 6.45) is 0.411. The van der Waals surface area contributed by atoms with Crippen molar-refractivity contribution in [3.63, 3.8) is 0 Å². The molecule has 0 unspecified atom stereocenters. The largest absolute Gasteiger partial charge is 0.356 e. The summed E-state index contributed by atoms with van der Waals surface area (Å²) < 4.78 is 12.8. The molecule has 3 rings (SSSR count). The van der Waals surface area contributed by atoms with E-state index in [0.717, 1.165) is 22.6 Å². The molecule has 4 heteroatoms. The molecule has 2 N–H and O–H groups in total. The Morgan fingerprint density at radius 3 is 2.56 bits per heavy atom. The second-order valence-electron chi connectivity index (χ2n) is 4.23. The lowest BCUT2D eigenvalue weighted by atomic mass is 10.1. The highest BCUT2D eigenvalue weighted by Crippen LogP contribution is 2.27. The van der Waals surface area contributed by atoms with Crippen LogP contribution < -0.4 is 10.6 Å². The average molecular weight is 242 g/mol. The number of nitrogens with one attached hydrogen (secondary N) is 2. The monoisotopic (exact) mass is 242 g/mol. The fourth-order valence-electron chi connectivity index (χ4n) is 2.01. The van der Waals surface area contributed by atoms with Gasteiger partial charge in [-0.05, 0) is 48.0 Å². The summed E-state index contributed by atoms with van der Waals surface area (Å²) in [4.78, 5) is 11.2. The Balaban J connectivity index is 1.84. The lowest BCUT2D eigenvalue weighted by Crippen LogP contribution is -2.03. The van der Waals surface area contributed by atoms with E-state index in [9.17, 15) is 9.18 Å². The highest BCUT2D eigenvalue weighted by atomic mass is 19.1. The van der Waals surface area contributed by atoms with E-state index in [2.05, 4.69) is 10.6 Å². The van der Waals surface area contributed by atoms with Crippen molar-refractivity contribution in [2.75, 3.05) is 10.6 Å². The molecule has 3 nitrogen and oxygen atoms in total. The zero-order valence-corrected chi connectivity index (χ0v) is 9.53. The maximum absolute atomic E-state index is 12.8. The molecule has 2 aromatic carbocycles. The van der Waals surface area contributed by atoms with Crippen LogP contribution in [0.3, 0.4) is 0 Å². The van der Waals surface area contributed by atoms with Crippen LogP contribution in [0.4, 0.5) is 21.5 Å². The molecule has 0 atom stereocenters. The number of hydrogen-bond acceptors (Lipinski definition) is 2. The molecule has 0 aromatic heterocycles. The van der Waals surface area contributed by atoms with Gasteiger partial charge in [0.15, 0.2) is 0 Å². The summed E-state index contributed by atoms with van der Waals surface area (Å²) in [6, 6.07) is 11.8. The highest BCUT2D eigenvalue weighted by Gasteiger charge is 2.17. The highest BCUT2D eigenvalue weighted by molar-refractivity contribution is 5.99. The molecule has 0 fully saturated rings. The Bertz CT molecular complexity index is 608. The standard InChI is InChI=1S/C14H11FN2O/c15-10-1-3-11(4-2-10)16-12-5-6-13-9(7-12)8-14(18)17-13/h1-7,16H,8H2,(H,17,18). The van der Waals surface area contributed by atoms with E-state index in [4.69, 9.17) is 0 Å². The van der Waals surface area contributed by atoms with Crippen LogP contribution in [0, 0.1) is 5.82 Å². The molecule has 1 amide bonds. The Morgan fingerprint density at radius 2 is 1.78 bits per heavy atom. The van der Waals surface area contributed by atoms with Crippen LogP contribution in [0.5, 0.6) is 0 Å². The number of hydrogen-bond donors (Lipinski definition) is 2. The summed E-state index contributed by atoms with van der Waals surface area (Å²) in [7, 11) is 0. The number of halogens is 1. The minimum atomic E-state index is -0.260. The van der Waals surface area contributed by atoms with Crippen molar-refractivity contribution in [3.05, 3.63) is 53.8 Å². The maximum Gasteiger partial charge on any atom is 0.228 e. The fourth-order valence-corrected chi connectivity index (χ4v) is 2.01. The first-order valence-corrected chi connectivity index (χ1v) is 5.66. The lowest BCUT2D eigenvalue weighted by Gasteiger charge is -2.07. The van der Waals surface area contributed by atoms with Gasteiger partial charge in [-0.2, -0.15) is 0 Å². The zero-order valence-electron chi connectivity index (χ0n) is 9.53. The number of carbonyl (C=O) groups excluding carboxylic acids is 1. The van der Waals surface area contributed by atoms with E-state index in [1.54, 1.807) is 12.1 Å². The van der Waals surface area contributed by atoms with Crippen LogP contribution in [0.1, 0.15) is 5.56 Å². The third-order valence-electron chi connectivity index (χ3n) is 2.86. The van der Waals surface area contributed by atoms with E-state index in [0.29, 0.717) is 6.42 Å². The SMILES string of the molecule is O=C1Cc2cc(Nc3ccc(F)cc3)ccc2N1. The topological polar surface area (TPSA) is 41.1 Å². The number of amides is 1. The van der Waals surface area contributed by atoms with Gasteiger partial charge in [0, 0.05) is 17.1 Å². The second kappa shape index (κ2) is 4.14. The minimum Gasteiger partial charge on any atom is -0.356 e. The van der Waals surface area contributed by atoms with Crippen molar-refractivity contribution in [1.82, 2.24) is 0 Å². The van der Waals surface area contributed by atoms with Gasteiger partial charge in [0.1, 0.15) is 5.82 Å². The molecule has 0 saturated carbocycles. The molecule has 0 spiro atoms. The zero-order chi connectivity index (χ0) is 12.5. The molecule has 0 aliphatic carbocycles. The number of benzene rings is 2. The Hall–Kier alpha value is -2.36. The first kappa shape index (κ1) is 10.8. The van der Waals surface area contributed by atoms with Crippen molar-refractivity contribution < 1.29 is 9.18 Å². The fraction of sp³-hybridized carbons (Fsp3) is 0.0714. The van der Waals surface area contributed by atoms with Crippen molar-refractivity contribution >= 4 is 23.0 Å². The molecule has 18 heavy (non-hydrogen) atoms. The van der Waals surface area contributed by atoms with Crippen LogP contribution in [0.15, 0.2) is 42.5 Å². The van der Waals surface area contributed by atoms with Gasteiger partial charge in [-0.15, -0.1) is 0 Å². The number of carbonyl (C=O) groups is 1. The Labute approximate surface area is 104 Å². The molecular weight excluding hydrogens is 231 g/mol. The van der Waals surface area contributed by atoms with Gasteiger partial charge in [-0.3, -0.25) is 4.79 Å². The normalized spacial score (nSPS) is 13.1. The van der Waals surface area contributed by atoms with Crippen molar-refractivity contribution in [3.8, 4) is 0 Å². The van der Waals surface area contributed by atoms with E-state index >= 15 is 0 Å². The van der Waals surface area contributed by atoms with Gasteiger partial charge in [0.2, 0.25) is 5.91 Å². The van der Waals surface area contributed by atoms with Crippen LogP contribution in [0.2, 0.25) is 0 Å². The molecular formula is C14H11FN2O. The quantitative estimate of drug-likeness (QED) is 0.849.